The van der Waals surface area contributed by atoms with Gasteiger partial charge in [0.25, 0.3) is 0 Å². The highest BCUT2D eigenvalue weighted by Gasteiger charge is 2.28. The highest BCUT2D eigenvalue weighted by atomic mass is 16.6. The highest BCUT2D eigenvalue weighted by Crippen LogP contribution is 2.36. The fourth-order valence-electron chi connectivity index (χ4n) is 3.52. The third kappa shape index (κ3) is 5.89. The number of benzene rings is 3. The molecule has 0 spiro atoms. The van der Waals surface area contributed by atoms with Crippen LogP contribution in [0.1, 0.15) is 18.1 Å². The van der Waals surface area contributed by atoms with E-state index >= 15 is 0 Å². The van der Waals surface area contributed by atoms with Gasteiger partial charge in [-0.15, -0.1) is 0 Å². The number of hydrogen-bond donors (Lipinski definition) is 0. The lowest BCUT2D eigenvalue weighted by Crippen LogP contribution is -2.38. The first-order valence-corrected chi connectivity index (χ1v) is 11.2. The van der Waals surface area contributed by atoms with Crippen LogP contribution in [0.5, 0.6) is 17.2 Å². The third-order valence-corrected chi connectivity index (χ3v) is 5.26. The Morgan fingerprint density at radius 1 is 1.06 bits per heavy atom. The maximum atomic E-state index is 12.9. The molecule has 0 radical (unpaired) electrons. The number of anilines is 1. The second-order valence-electron chi connectivity index (χ2n) is 7.73. The lowest BCUT2D eigenvalue weighted by Gasteiger charge is -2.28. The molecule has 1 unspecified atom stereocenters. The number of fused-ring (bicyclic) bond motifs is 1. The van der Waals surface area contributed by atoms with Crippen LogP contribution in [0.3, 0.4) is 0 Å². The molecule has 0 saturated carbocycles. The summed E-state index contributed by atoms with van der Waals surface area (Å²) in [5, 5.41) is 8.91. The minimum Gasteiger partial charge on any atom is -0.490 e. The number of carbonyl (C=O) groups is 2. The Labute approximate surface area is 203 Å². The van der Waals surface area contributed by atoms with Gasteiger partial charge in [0.2, 0.25) is 0 Å². The normalized spacial score (nSPS) is 13.9. The summed E-state index contributed by atoms with van der Waals surface area (Å²) in [6.07, 6.45) is -0.392. The van der Waals surface area contributed by atoms with Gasteiger partial charge in [-0.25, -0.2) is 4.79 Å². The molecule has 1 atom stereocenters. The molecule has 8 heteroatoms. The van der Waals surface area contributed by atoms with Crippen molar-refractivity contribution in [1.82, 2.24) is 0 Å². The van der Waals surface area contributed by atoms with E-state index in [9.17, 15) is 9.59 Å². The lowest BCUT2D eigenvalue weighted by atomic mass is 10.1. The molecular weight excluding hydrogens is 448 g/mol. The predicted octanol–water partition coefficient (Wildman–Crippen LogP) is 3.87. The molecule has 3 aromatic carbocycles. The molecule has 8 nitrogen and oxygen atoms in total. The summed E-state index contributed by atoms with van der Waals surface area (Å²) >= 11 is 0. The van der Waals surface area contributed by atoms with E-state index < -0.39 is 18.0 Å². The van der Waals surface area contributed by atoms with E-state index in [1.165, 1.54) is 4.90 Å². The van der Waals surface area contributed by atoms with Gasteiger partial charge in [-0.05, 0) is 48.9 Å². The van der Waals surface area contributed by atoms with Gasteiger partial charge in [-0.1, -0.05) is 30.3 Å². The van der Waals surface area contributed by atoms with Crippen LogP contribution in [0.2, 0.25) is 0 Å². The minimum absolute atomic E-state index is 0.103. The summed E-state index contributed by atoms with van der Waals surface area (Å²) in [5.74, 6) is -0.107. The average Bonchev–Trinajstić information content (AvgIpc) is 2.90. The topological polar surface area (TPSA) is 98.1 Å². The Kier molecular flexibility index (Phi) is 7.48. The van der Waals surface area contributed by atoms with Gasteiger partial charge >= 0.3 is 11.9 Å². The zero-order valence-electron chi connectivity index (χ0n) is 19.2. The molecule has 1 aliphatic heterocycles. The van der Waals surface area contributed by atoms with Crippen LogP contribution in [0.4, 0.5) is 5.69 Å². The quantitative estimate of drug-likeness (QED) is 0.380. The number of carbonyl (C=O) groups excluding carboxylic acids is 2. The Balaban J connectivity index is 1.50. The molecule has 3 aromatic rings. The summed E-state index contributed by atoms with van der Waals surface area (Å²) in [5.41, 5.74) is 1.88. The standard InChI is InChI=1S/C27H24N2O6/c1-2-32-27(31)26(30)29(16-20-6-4-3-5-7-20)21-10-13-24-25(14-21)35-23(18-34-24)17-33-22-11-8-19(15-28)9-12-22/h3-14,23H,2,16-18H2,1H3. The molecule has 35 heavy (non-hydrogen) atoms. The highest BCUT2D eigenvalue weighted by molar-refractivity contribution is 6.38. The van der Waals surface area contributed by atoms with Crippen molar-refractivity contribution >= 4 is 17.6 Å². The van der Waals surface area contributed by atoms with Gasteiger partial charge < -0.3 is 18.9 Å². The Morgan fingerprint density at radius 2 is 1.83 bits per heavy atom. The number of amides is 1. The van der Waals surface area contributed by atoms with Crippen molar-refractivity contribution in [3.8, 4) is 23.3 Å². The van der Waals surface area contributed by atoms with E-state index in [0.717, 1.165) is 5.56 Å². The molecule has 0 fully saturated rings. The fourth-order valence-corrected chi connectivity index (χ4v) is 3.52. The van der Waals surface area contributed by atoms with Crippen LogP contribution in [0.15, 0.2) is 72.8 Å². The van der Waals surface area contributed by atoms with Gasteiger partial charge in [-0.3, -0.25) is 9.69 Å². The van der Waals surface area contributed by atoms with E-state index in [4.69, 9.17) is 24.2 Å². The number of esters is 1. The second-order valence-corrected chi connectivity index (χ2v) is 7.73. The van der Waals surface area contributed by atoms with Crippen LogP contribution in [0, 0.1) is 11.3 Å². The number of nitrogens with zero attached hydrogens (tertiary/aromatic N) is 2. The molecule has 0 aliphatic carbocycles. The van der Waals surface area contributed by atoms with E-state index in [1.54, 1.807) is 49.4 Å². The Bertz CT molecular complexity index is 1220. The zero-order valence-corrected chi connectivity index (χ0v) is 19.2. The summed E-state index contributed by atoms with van der Waals surface area (Å²) < 4.78 is 22.6. The van der Waals surface area contributed by atoms with E-state index in [1.807, 2.05) is 30.3 Å². The summed E-state index contributed by atoms with van der Waals surface area (Å²) in [7, 11) is 0. The monoisotopic (exact) mass is 472 g/mol. The van der Waals surface area contributed by atoms with Crippen molar-refractivity contribution in [3.63, 3.8) is 0 Å². The van der Waals surface area contributed by atoms with E-state index in [-0.39, 0.29) is 26.4 Å². The molecule has 178 valence electrons. The first-order chi connectivity index (χ1) is 17.1. The van der Waals surface area contributed by atoms with Crippen molar-refractivity contribution < 1.29 is 28.5 Å². The number of ether oxygens (including phenoxy) is 4. The summed E-state index contributed by atoms with van der Waals surface area (Å²) in [4.78, 5) is 26.5. The van der Waals surface area contributed by atoms with Crippen LogP contribution in [0.25, 0.3) is 0 Å². The first-order valence-electron chi connectivity index (χ1n) is 11.2. The van der Waals surface area contributed by atoms with Crippen LogP contribution < -0.4 is 19.1 Å². The SMILES string of the molecule is CCOC(=O)C(=O)N(Cc1ccccc1)c1ccc2c(c1)OC(COc1ccc(C#N)cc1)CO2. The summed E-state index contributed by atoms with van der Waals surface area (Å²) in [6, 6.07) is 23.3. The van der Waals surface area contributed by atoms with Crippen LogP contribution >= 0.6 is 0 Å². The maximum Gasteiger partial charge on any atom is 0.397 e. The Hall–Kier alpha value is -4.51. The van der Waals surface area contributed by atoms with Gasteiger partial charge in [-0.2, -0.15) is 5.26 Å². The second kappa shape index (κ2) is 11.1. The molecule has 1 amide bonds. The molecule has 0 aromatic heterocycles. The minimum atomic E-state index is -0.924. The van der Waals surface area contributed by atoms with Gasteiger partial charge in [0.15, 0.2) is 17.6 Å². The van der Waals surface area contributed by atoms with Gasteiger partial charge in [0.1, 0.15) is 19.0 Å². The van der Waals surface area contributed by atoms with Crippen LogP contribution in [-0.4, -0.2) is 37.8 Å². The lowest BCUT2D eigenvalue weighted by molar-refractivity contribution is -0.153. The number of rotatable bonds is 7. The fraction of sp³-hybridized carbons (Fsp3) is 0.222. The Morgan fingerprint density at radius 3 is 2.54 bits per heavy atom. The van der Waals surface area contributed by atoms with E-state index in [0.29, 0.717) is 28.5 Å². The van der Waals surface area contributed by atoms with E-state index in [2.05, 4.69) is 6.07 Å². The third-order valence-electron chi connectivity index (χ3n) is 5.26. The molecule has 0 bridgehead atoms. The largest absolute Gasteiger partial charge is 0.490 e. The average molecular weight is 472 g/mol. The maximum absolute atomic E-state index is 12.9. The summed E-state index contributed by atoms with van der Waals surface area (Å²) in [6.45, 7) is 2.45. The predicted molar refractivity (Wildman–Crippen MR) is 127 cm³/mol. The van der Waals surface area contributed by atoms with Crippen molar-refractivity contribution in [2.75, 3.05) is 24.7 Å². The van der Waals surface area contributed by atoms with Crippen LogP contribution in [-0.2, 0) is 20.9 Å². The molecule has 0 saturated heterocycles. The van der Waals surface area contributed by atoms with Crippen molar-refractivity contribution in [3.05, 3.63) is 83.9 Å². The smallest absolute Gasteiger partial charge is 0.397 e. The molecule has 0 N–H and O–H groups in total. The molecule has 1 heterocycles. The molecular formula is C27H24N2O6. The van der Waals surface area contributed by atoms with Gasteiger partial charge in [0, 0.05) is 11.8 Å². The van der Waals surface area contributed by atoms with Crippen molar-refractivity contribution in [1.29, 1.82) is 5.26 Å². The van der Waals surface area contributed by atoms with Gasteiger partial charge in [0.05, 0.1) is 24.8 Å². The van der Waals surface area contributed by atoms with Crippen molar-refractivity contribution in [2.24, 2.45) is 0 Å². The first kappa shape index (κ1) is 23.6. The number of nitriles is 1. The zero-order chi connectivity index (χ0) is 24.6. The molecule has 4 rings (SSSR count). The van der Waals surface area contributed by atoms with Crippen molar-refractivity contribution in [2.45, 2.75) is 19.6 Å². The molecule has 1 aliphatic rings. The number of hydrogen-bond acceptors (Lipinski definition) is 7.